The summed E-state index contributed by atoms with van der Waals surface area (Å²) in [4.78, 5) is 4.41. The van der Waals surface area contributed by atoms with Gasteiger partial charge in [0.2, 0.25) is 0 Å². The maximum Gasteiger partial charge on any atom is 0.141 e. The first-order chi connectivity index (χ1) is 10.8. The van der Waals surface area contributed by atoms with Crippen LogP contribution in [0.5, 0.6) is 0 Å². The van der Waals surface area contributed by atoms with E-state index in [1.54, 1.807) is 6.20 Å². The molecule has 0 amide bonds. The monoisotopic (exact) mass is 291 g/mol. The Labute approximate surface area is 126 Å². The average molecular weight is 291 g/mol. The largest absolute Gasteiger partial charge is 0.340 e. The van der Waals surface area contributed by atoms with Gasteiger partial charge in [0.25, 0.3) is 0 Å². The summed E-state index contributed by atoms with van der Waals surface area (Å²) in [6.45, 7) is 2.53. The molecule has 0 fully saturated rings. The molecule has 1 aromatic carbocycles. The summed E-state index contributed by atoms with van der Waals surface area (Å²) in [6, 6.07) is 9.87. The minimum Gasteiger partial charge on any atom is -0.340 e. The van der Waals surface area contributed by atoms with Crippen LogP contribution in [0.2, 0.25) is 0 Å². The fourth-order valence-corrected chi connectivity index (χ4v) is 2.46. The molecule has 0 atom stereocenters. The summed E-state index contributed by atoms with van der Waals surface area (Å²) in [7, 11) is 0. The van der Waals surface area contributed by atoms with E-state index in [9.17, 15) is 0 Å². The summed E-state index contributed by atoms with van der Waals surface area (Å²) in [5, 5.41) is 23.1. The quantitative estimate of drug-likeness (QED) is 0.776. The lowest BCUT2D eigenvalue weighted by Gasteiger charge is -2.08. The van der Waals surface area contributed by atoms with Crippen molar-refractivity contribution in [2.75, 3.05) is 11.9 Å². The highest BCUT2D eigenvalue weighted by atomic mass is 15.4. The second-order valence-corrected chi connectivity index (χ2v) is 5.04. The van der Waals surface area contributed by atoms with E-state index in [0.29, 0.717) is 6.54 Å². The van der Waals surface area contributed by atoms with Crippen molar-refractivity contribution in [1.29, 1.82) is 0 Å². The van der Waals surface area contributed by atoms with Gasteiger partial charge in [-0.05, 0) is 30.3 Å². The van der Waals surface area contributed by atoms with Crippen molar-refractivity contribution in [2.24, 2.45) is 15.4 Å². The number of nitrogens with zero attached hydrogens (tertiary/aromatic N) is 5. The maximum absolute atomic E-state index is 4.41. The topological polar surface area (TPSA) is 90.7 Å². The molecular weight excluding hydrogens is 278 g/mol. The van der Waals surface area contributed by atoms with E-state index in [1.807, 2.05) is 37.3 Å². The molecule has 0 radical (unpaired) electrons. The zero-order valence-electron chi connectivity index (χ0n) is 11.9. The second-order valence-electron chi connectivity index (χ2n) is 5.04. The zero-order chi connectivity index (χ0) is 14.9. The van der Waals surface area contributed by atoms with Gasteiger partial charge in [0.1, 0.15) is 12.4 Å². The molecule has 0 aliphatic carbocycles. The Morgan fingerprint density at radius 3 is 2.77 bits per heavy atom. The van der Waals surface area contributed by atoms with Gasteiger partial charge in [-0.1, -0.05) is 12.1 Å². The van der Waals surface area contributed by atoms with Crippen LogP contribution in [0, 0.1) is 6.92 Å². The van der Waals surface area contributed by atoms with Crippen LogP contribution in [0.25, 0.3) is 10.9 Å². The van der Waals surface area contributed by atoms with Crippen LogP contribution in [0.1, 0.15) is 11.3 Å². The number of nitrogens with one attached hydrogen (secondary N) is 2. The van der Waals surface area contributed by atoms with Crippen molar-refractivity contribution in [1.82, 2.24) is 15.2 Å². The van der Waals surface area contributed by atoms with Crippen LogP contribution in [0.15, 0.2) is 52.0 Å². The molecule has 4 rings (SSSR count). The van der Waals surface area contributed by atoms with Gasteiger partial charge >= 0.3 is 0 Å². The number of fused-ring (bicyclic) bond motifs is 1. The van der Waals surface area contributed by atoms with E-state index in [0.717, 1.165) is 39.4 Å². The number of aryl methyl sites for hydroxylation is 1. The highest BCUT2D eigenvalue weighted by Crippen LogP contribution is 2.25. The number of aromatic nitrogens is 3. The summed E-state index contributed by atoms with van der Waals surface area (Å²) < 4.78 is 0. The first-order valence-corrected chi connectivity index (χ1v) is 6.92. The minimum absolute atomic E-state index is 0.544. The number of H-pyrrole nitrogens is 1. The molecule has 2 aromatic heterocycles. The zero-order valence-corrected chi connectivity index (χ0v) is 11.9. The van der Waals surface area contributed by atoms with E-state index < -0.39 is 0 Å². The molecule has 7 nitrogen and oxygen atoms in total. The number of anilines is 2. The highest BCUT2D eigenvalue weighted by molar-refractivity contribution is 6.03. The standard InChI is InChI=1S/C15H13N7/c1-9-14-12(20-19-9)6-7-16-15(14)18-11-4-2-10(3-5-11)13-8-17-22-21-13/h2-7H,8H2,1H3,(H,16,18)(H,19,20). The molecule has 7 heteroatoms. The third kappa shape index (κ3) is 2.12. The van der Waals surface area contributed by atoms with Gasteiger partial charge in [0.15, 0.2) is 0 Å². The van der Waals surface area contributed by atoms with Crippen molar-refractivity contribution in [2.45, 2.75) is 6.92 Å². The van der Waals surface area contributed by atoms with Gasteiger partial charge in [0, 0.05) is 23.1 Å². The fourth-order valence-electron chi connectivity index (χ4n) is 2.46. The summed E-state index contributed by atoms with van der Waals surface area (Å²) in [5.41, 5.74) is 4.76. The van der Waals surface area contributed by atoms with Crippen LogP contribution in [0.3, 0.4) is 0 Å². The Balaban J connectivity index is 1.64. The summed E-state index contributed by atoms with van der Waals surface area (Å²) in [6.07, 6.45) is 1.75. The van der Waals surface area contributed by atoms with Gasteiger partial charge in [-0.2, -0.15) is 10.2 Å². The van der Waals surface area contributed by atoms with Crippen LogP contribution in [0.4, 0.5) is 11.5 Å². The van der Waals surface area contributed by atoms with Crippen molar-refractivity contribution >= 4 is 28.1 Å². The Bertz CT molecular complexity index is 890. The molecule has 22 heavy (non-hydrogen) atoms. The predicted molar refractivity (Wildman–Crippen MR) is 84.6 cm³/mol. The van der Waals surface area contributed by atoms with Crippen LogP contribution in [-0.4, -0.2) is 27.4 Å². The normalized spacial score (nSPS) is 13.6. The predicted octanol–water partition coefficient (Wildman–Crippen LogP) is 3.18. The fraction of sp³-hybridized carbons (Fsp3) is 0.133. The van der Waals surface area contributed by atoms with E-state index in [1.165, 1.54) is 0 Å². The molecule has 2 N–H and O–H groups in total. The highest BCUT2D eigenvalue weighted by Gasteiger charge is 2.10. The molecule has 3 aromatic rings. The number of hydrogen-bond acceptors (Lipinski definition) is 6. The second kappa shape index (κ2) is 5.03. The van der Waals surface area contributed by atoms with E-state index in [4.69, 9.17) is 0 Å². The van der Waals surface area contributed by atoms with Gasteiger partial charge in [-0.25, -0.2) is 4.98 Å². The molecule has 0 spiro atoms. The summed E-state index contributed by atoms with van der Waals surface area (Å²) >= 11 is 0. The van der Waals surface area contributed by atoms with Crippen LogP contribution in [-0.2, 0) is 0 Å². The average Bonchev–Trinajstić information content (AvgIpc) is 3.19. The number of aromatic amines is 1. The minimum atomic E-state index is 0.544. The molecule has 0 saturated heterocycles. The third-order valence-electron chi connectivity index (χ3n) is 3.58. The lowest BCUT2D eigenvalue weighted by Crippen LogP contribution is -2.01. The van der Waals surface area contributed by atoms with Gasteiger partial charge in [-0.15, -0.1) is 5.10 Å². The molecule has 108 valence electrons. The maximum atomic E-state index is 4.41. The van der Waals surface area contributed by atoms with Crippen LogP contribution < -0.4 is 5.32 Å². The third-order valence-corrected chi connectivity index (χ3v) is 3.58. The van der Waals surface area contributed by atoms with Crippen molar-refractivity contribution < 1.29 is 0 Å². The molecule has 0 bridgehead atoms. The lowest BCUT2D eigenvalue weighted by molar-refractivity contribution is 1.06. The molecule has 3 heterocycles. The van der Waals surface area contributed by atoms with Gasteiger partial charge < -0.3 is 5.32 Å². The van der Waals surface area contributed by atoms with E-state index in [-0.39, 0.29) is 0 Å². The van der Waals surface area contributed by atoms with Crippen molar-refractivity contribution in [3.8, 4) is 0 Å². The molecular formula is C15H13N7. The molecule has 0 unspecified atom stereocenters. The number of benzene rings is 1. The smallest absolute Gasteiger partial charge is 0.141 e. The van der Waals surface area contributed by atoms with Gasteiger partial charge in [0.05, 0.1) is 16.6 Å². The van der Waals surface area contributed by atoms with Crippen LogP contribution >= 0.6 is 0 Å². The number of rotatable bonds is 3. The number of hydrogen-bond donors (Lipinski definition) is 2. The van der Waals surface area contributed by atoms with Crippen molar-refractivity contribution in [3.05, 3.63) is 47.8 Å². The molecule has 1 aliphatic heterocycles. The number of pyridine rings is 1. The SMILES string of the molecule is Cc1[nH]nc2ccnc(Nc3ccc(C4=NN=NC4)cc3)c12. The Morgan fingerprint density at radius 2 is 2.00 bits per heavy atom. The Kier molecular flexibility index (Phi) is 2.89. The first kappa shape index (κ1) is 12.6. The van der Waals surface area contributed by atoms with Crippen molar-refractivity contribution in [3.63, 3.8) is 0 Å². The van der Waals surface area contributed by atoms with Gasteiger partial charge in [-0.3, -0.25) is 5.10 Å². The lowest BCUT2D eigenvalue weighted by atomic mass is 10.1. The molecule has 0 saturated carbocycles. The van der Waals surface area contributed by atoms with E-state index in [2.05, 4.69) is 35.9 Å². The molecule has 1 aliphatic rings. The van der Waals surface area contributed by atoms with E-state index >= 15 is 0 Å². The Morgan fingerprint density at radius 1 is 1.14 bits per heavy atom. The first-order valence-electron chi connectivity index (χ1n) is 6.92. The summed E-state index contributed by atoms with van der Waals surface area (Å²) in [5.74, 6) is 0.791. The Hall–Kier alpha value is -3.09.